The summed E-state index contributed by atoms with van der Waals surface area (Å²) in [4.78, 5) is 0. The van der Waals surface area contributed by atoms with Crippen LogP contribution in [0.2, 0.25) is 0 Å². The van der Waals surface area contributed by atoms with Gasteiger partial charge in [-0.2, -0.15) is 0 Å². The summed E-state index contributed by atoms with van der Waals surface area (Å²) in [5.41, 5.74) is 2.17. The summed E-state index contributed by atoms with van der Waals surface area (Å²) in [6.07, 6.45) is 11.4. The van der Waals surface area contributed by atoms with Crippen LogP contribution >= 0.6 is 0 Å². The third-order valence-electron chi connectivity index (χ3n) is 2.57. The molecule has 0 bridgehead atoms. The van der Waals surface area contributed by atoms with E-state index in [9.17, 15) is 0 Å². The van der Waals surface area contributed by atoms with Crippen LogP contribution in [0.15, 0.2) is 73.1 Å². The Labute approximate surface area is 118 Å². The summed E-state index contributed by atoms with van der Waals surface area (Å²) in [5, 5.41) is 0. The van der Waals surface area contributed by atoms with Crippen LogP contribution in [0.4, 0.5) is 0 Å². The summed E-state index contributed by atoms with van der Waals surface area (Å²) < 4.78 is 5.58. The van der Waals surface area contributed by atoms with Gasteiger partial charge in [-0.3, -0.25) is 0 Å². The lowest BCUT2D eigenvalue weighted by molar-refractivity contribution is 0.257. The molecule has 104 valence electrons. The van der Waals surface area contributed by atoms with Crippen LogP contribution in [-0.4, -0.2) is 6.61 Å². The van der Waals surface area contributed by atoms with Gasteiger partial charge < -0.3 is 4.74 Å². The molecule has 0 atom stereocenters. The van der Waals surface area contributed by atoms with Gasteiger partial charge in [0.25, 0.3) is 0 Å². The topological polar surface area (TPSA) is 9.23 Å². The zero-order chi connectivity index (χ0) is 14.9. The van der Waals surface area contributed by atoms with Crippen molar-refractivity contribution >= 4 is 0 Å². The molecule has 0 spiro atoms. The molecule has 0 rings (SSSR count). The van der Waals surface area contributed by atoms with Crippen molar-refractivity contribution in [1.82, 2.24) is 0 Å². The van der Waals surface area contributed by atoms with E-state index in [1.165, 1.54) is 0 Å². The Morgan fingerprint density at radius 2 is 1.74 bits per heavy atom. The molecule has 0 heterocycles. The fourth-order valence-electron chi connectivity index (χ4n) is 1.18. The molecule has 0 aromatic heterocycles. The van der Waals surface area contributed by atoms with E-state index >= 15 is 0 Å². The van der Waals surface area contributed by atoms with Gasteiger partial charge in [0, 0.05) is 0 Å². The van der Waals surface area contributed by atoms with Crippen LogP contribution in [-0.2, 0) is 4.74 Å². The van der Waals surface area contributed by atoms with Gasteiger partial charge in [-0.15, -0.1) is 0 Å². The monoisotopic (exact) mass is 258 g/mol. The third-order valence-corrected chi connectivity index (χ3v) is 2.57. The Morgan fingerprint density at radius 1 is 1.11 bits per heavy atom. The number of hydrogen-bond acceptors (Lipinski definition) is 1. The summed E-state index contributed by atoms with van der Waals surface area (Å²) in [7, 11) is 0. The normalized spacial score (nSPS) is 12.9. The molecule has 0 aromatic rings. The van der Waals surface area contributed by atoms with E-state index in [4.69, 9.17) is 4.74 Å². The molecule has 0 saturated carbocycles. The molecule has 0 saturated heterocycles. The van der Waals surface area contributed by atoms with E-state index < -0.39 is 0 Å². The molecule has 1 nitrogen and oxygen atoms in total. The Morgan fingerprint density at radius 3 is 2.21 bits per heavy atom. The number of rotatable bonds is 7. The largest absolute Gasteiger partial charge is 0.490 e. The van der Waals surface area contributed by atoms with Crippen LogP contribution in [0.5, 0.6) is 0 Å². The van der Waals surface area contributed by atoms with Crippen molar-refractivity contribution in [3.05, 3.63) is 73.1 Å². The lowest BCUT2D eigenvalue weighted by Gasteiger charge is -2.18. The van der Waals surface area contributed by atoms with Crippen LogP contribution in [0.3, 0.4) is 0 Å². The second-order valence-electron chi connectivity index (χ2n) is 5.34. The van der Waals surface area contributed by atoms with Crippen LogP contribution in [0.1, 0.15) is 27.7 Å². The van der Waals surface area contributed by atoms with Gasteiger partial charge in [0.2, 0.25) is 0 Å². The molecule has 0 aromatic carbocycles. The Kier molecular flexibility index (Phi) is 7.59. The molecule has 19 heavy (non-hydrogen) atoms. The van der Waals surface area contributed by atoms with Crippen LogP contribution in [0.25, 0.3) is 0 Å². The average molecular weight is 258 g/mol. The molecule has 0 aliphatic heterocycles. The standard InChI is InChI=1S/C18H26O/c1-8-10-17(11-9-2)14-19-16(4)13-12-15(3)18(5,6)7/h8-13H,1,3-4,14H2,2,5-7H3/b11-9-,13-12-,17-10+. The number of allylic oxidation sites excluding steroid dienone is 6. The van der Waals surface area contributed by atoms with Gasteiger partial charge in [0.1, 0.15) is 12.4 Å². The number of ether oxygens (including phenoxy) is 1. The maximum atomic E-state index is 5.58. The summed E-state index contributed by atoms with van der Waals surface area (Å²) >= 11 is 0. The van der Waals surface area contributed by atoms with Crippen molar-refractivity contribution in [3.8, 4) is 0 Å². The van der Waals surface area contributed by atoms with E-state index in [2.05, 4.69) is 40.5 Å². The first-order chi connectivity index (χ1) is 8.81. The van der Waals surface area contributed by atoms with Gasteiger partial charge in [0.05, 0.1) is 0 Å². The maximum absolute atomic E-state index is 5.58. The van der Waals surface area contributed by atoms with Gasteiger partial charge in [0.15, 0.2) is 0 Å². The van der Waals surface area contributed by atoms with Gasteiger partial charge in [-0.1, -0.05) is 70.9 Å². The second kappa shape index (κ2) is 8.36. The molecule has 0 N–H and O–H groups in total. The highest BCUT2D eigenvalue weighted by Gasteiger charge is 2.11. The Hall–Kier alpha value is -1.76. The van der Waals surface area contributed by atoms with E-state index in [1.54, 1.807) is 6.08 Å². The van der Waals surface area contributed by atoms with Crippen molar-refractivity contribution in [1.29, 1.82) is 0 Å². The minimum atomic E-state index is 0.0651. The lowest BCUT2D eigenvalue weighted by Crippen LogP contribution is -2.06. The van der Waals surface area contributed by atoms with Crippen molar-refractivity contribution in [2.45, 2.75) is 27.7 Å². The average Bonchev–Trinajstić information content (AvgIpc) is 2.32. The van der Waals surface area contributed by atoms with E-state index in [0.717, 1.165) is 11.1 Å². The van der Waals surface area contributed by atoms with Crippen molar-refractivity contribution in [3.63, 3.8) is 0 Å². The maximum Gasteiger partial charge on any atom is 0.113 e. The molecule has 0 unspecified atom stereocenters. The van der Waals surface area contributed by atoms with Gasteiger partial charge in [-0.05, 0) is 29.6 Å². The minimum Gasteiger partial charge on any atom is -0.490 e. The predicted molar refractivity (Wildman–Crippen MR) is 85.9 cm³/mol. The molecule has 0 fully saturated rings. The van der Waals surface area contributed by atoms with Gasteiger partial charge >= 0.3 is 0 Å². The highest BCUT2D eigenvalue weighted by atomic mass is 16.5. The fraction of sp³-hybridized carbons (Fsp3) is 0.333. The molecule has 0 radical (unpaired) electrons. The highest BCUT2D eigenvalue weighted by Crippen LogP contribution is 2.24. The first kappa shape index (κ1) is 17.2. The number of hydrogen-bond donors (Lipinski definition) is 0. The van der Waals surface area contributed by atoms with Crippen molar-refractivity contribution in [2.24, 2.45) is 5.41 Å². The second-order valence-corrected chi connectivity index (χ2v) is 5.34. The quantitative estimate of drug-likeness (QED) is 0.441. The first-order valence-corrected chi connectivity index (χ1v) is 6.44. The lowest BCUT2D eigenvalue weighted by atomic mass is 9.87. The molecule has 1 heteroatoms. The Balaban J connectivity index is 4.41. The summed E-state index contributed by atoms with van der Waals surface area (Å²) in [5.74, 6) is 0.630. The molecule has 0 aliphatic rings. The fourth-order valence-corrected chi connectivity index (χ4v) is 1.18. The SMILES string of the molecule is C=C/C=C(\C=C/C)COC(=C)/C=C\C(=C)C(C)(C)C. The molecule has 0 aliphatic carbocycles. The predicted octanol–water partition coefficient (Wildman–Crippen LogP) is 5.36. The third kappa shape index (κ3) is 8.04. The van der Waals surface area contributed by atoms with Crippen molar-refractivity contribution in [2.75, 3.05) is 6.61 Å². The highest BCUT2D eigenvalue weighted by molar-refractivity contribution is 5.27. The molecular weight excluding hydrogens is 232 g/mol. The Bertz CT molecular complexity index is 411. The van der Waals surface area contributed by atoms with E-state index in [-0.39, 0.29) is 5.41 Å². The van der Waals surface area contributed by atoms with Crippen LogP contribution < -0.4 is 0 Å². The van der Waals surface area contributed by atoms with Crippen molar-refractivity contribution < 1.29 is 4.74 Å². The minimum absolute atomic E-state index is 0.0651. The first-order valence-electron chi connectivity index (χ1n) is 6.44. The summed E-state index contributed by atoms with van der Waals surface area (Å²) in [6.45, 7) is 20.4. The smallest absolute Gasteiger partial charge is 0.113 e. The van der Waals surface area contributed by atoms with Crippen LogP contribution in [0, 0.1) is 5.41 Å². The summed E-state index contributed by atoms with van der Waals surface area (Å²) in [6, 6.07) is 0. The van der Waals surface area contributed by atoms with Gasteiger partial charge in [-0.25, -0.2) is 0 Å². The zero-order valence-electron chi connectivity index (χ0n) is 12.7. The molecule has 0 amide bonds. The van der Waals surface area contributed by atoms with E-state index in [1.807, 2.05) is 37.3 Å². The molecular formula is C18H26O. The van der Waals surface area contributed by atoms with E-state index in [0.29, 0.717) is 12.4 Å². The zero-order valence-corrected chi connectivity index (χ0v) is 12.7.